The second-order valence-corrected chi connectivity index (χ2v) is 9.47. The molecule has 11 heteroatoms. The summed E-state index contributed by atoms with van der Waals surface area (Å²) in [7, 11) is 1.58. The fourth-order valence-corrected chi connectivity index (χ4v) is 4.34. The van der Waals surface area contributed by atoms with Crippen LogP contribution < -0.4 is 20.1 Å². The van der Waals surface area contributed by atoms with Crippen molar-refractivity contribution in [1.82, 2.24) is 14.8 Å². The highest BCUT2D eigenvalue weighted by Gasteiger charge is 2.23. The van der Waals surface area contributed by atoms with Gasteiger partial charge in [0.15, 0.2) is 11.0 Å². The molecule has 2 N–H and O–H groups in total. The van der Waals surface area contributed by atoms with E-state index in [0.717, 1.165) is 11.8 Å². The molecule has 0 aliphatic carbocycles. The van der Waals surface area contributed by atoms with Gasteiger partial charge in [-0.3, -0.25) is 14.2 Å². The normalized spacial score (nSPS) is 11.5. The van der Waals surface area contributed by atoms with Crippen LogP contribution in [0.3, 0.4) is 0 Å². The van der Waals surface area contributed by atoms with Crippen LogP contribution in [0.2, 0.25) is 0 Å². The number of hydrogen-bond donors (Lipinski definition) is 2. The molecule has 2 amide bonds. The van der Waals surface area contributed by atoms with E-state index in [-0.39, 0.29) is 24.1 Å². The van der Waals surface area contributed by atoms with Gasteiger partial charge in [0.2, 0.25) is 11.8 Å². The van der Waals surface area contributed by atoms with Crippen LogP contribution in [0.15, 0.2) is 78.0 Å². The molecule has 0 fully saturated rings. The molecule has 4 aromatic rings. The molecule has 0 saturated carbocycles. The third kappa shape index (κ3) is 6.68. The van der Waals surface area contributed by atoms with Crippen LogP contribution in [-0.2, 0) is 16.2 Å². The summed E-state index contributed by atoms with van der Waals surface area (Å²) in [6.07, 6.45) is 0. The van der Waals surface area contributed by atoms with Crippen LogP contribution in [0, 0.1) is 5.82 Å². The lowest BCUT2D eigenvalue weighted by molar-refractivity contribution is -0.115. The molecule has 3 aromatic carbocycles. The molecular weight excluding hydrogens is 509 g/mol. The molecule has 0 radical (unpaired) electrons. The average molecular weight is 536 g/mol. The van der Waals surface area contributed by atoms with E-state index in [1.165, 1.54) is 13.0 Å². The average Bonchev–Trinajstić information content (AvgIpc) is 3.30. The van der Waals surface area contributed by atoms with E-state index in [1.807, 2.05) is 0 Å². The highest BCUT2D eigenvalue weighted by atomic mass is 32.2. The Morgan fingerprint density at radius 2 is 1.58 bits per heavy atom. The highest BCUT2D eigenvalue weighted by molar-refractivity contribution is 8.00. The predicted molar refractivity (Wildman–Crippen MR) is 143 cm³/mol. The first-order chi connectivity index (χ1) is 18.3. The lowest BCUT2D eigenvalue weighted by Crippen LogP contribution is -2.23. The molecule has 9 nitrogen and oxygen atoms in total. The summed E-state index contributed by atoms with van der Waals surface area (Å²) in [5.41, 5.74) is 1.44. The Morgan fingerprint density at radius 1 is 0.947 bits per heavy atom. The number of anilines is 2. The fourth-order valence-electron chi connectivity index (χ4n) is 3.46. The van der Waals surface area contributed by atoms with Crippen molar-refractivity contribution in [2.24, 2.45) is 0 Å². The molecule has 1 heterocycles. The zero-order chi connectivity index (χ0) is 27.1. The van der Waals surface area contributed by atoms with Crippen molar-refractivity contribution in [3.63, 3.8) is 0 Å². The number of ether oxygens (including phenoxy) is 2. The Hall–Kier alpha value is -4.38. The summed E-state index contributed by atoms with van der Waals surface area (Å²) in [4.78, 5) is 24.1. The van der Waals surface area contributed by atoms with Crippen molar-refractivity contribution >= 4 is 35.0 Å². The number of benzene rings is 3. The standard InChI is InChI=1S/C27H26FN5O4S/c1-17(26(35)30-20-10-8-19(9-11-20)29-18(2)34)38-27-32-31-25(33(27)24-7-5-4-6-23(24)28)16-37-22-14-12-21(36-3)13-15-22/h4-15,17H,16H2,1-3H3,(H,29,34)(H,30,35). The largest absolute Gasteiger partial charge is 0.497 e. The number of nitrogens with one attached hydrogen (secondary N) is 2. The van der Waals surface area contributed by atoms with Crippen LogP contribution in [0.5, 0.6) is 11.5 Å². The maximum absolute atomic E-state index is 14.8. The van der Waals surface area contributed by atoms with Crippen LogP contribution >= 0.6 is 11.8 Å². The number of para-hydroxylation sites is 1. The second-order valence-electron chi connectivity index (χ2n) is 8.16. The Labute approximate surface area is 223 Å². The molecule has 4 rings (SSSR count). The van der Waals surface area contributed by atoms with Crippen molar-refractivity contribution in [1.29, 1.82) is 0 Å². The highest BCUT2D eigenvalue weighted by Crippen LogP contribution is 2.28. The fraction of sp³-hybridized carbons (Fsp3) is 0.185. The summed E-state index contributed by atoms with van der Waals surface area (Å²) < 4.78 is 27.4. The molecule has 0 bridgehead atoms. The number of rotatable bonds is 10. The van der Waals surface area contributed by atoms with Gasteiger partial charge in [0.05, 0.1) is 18.0 Å². The first-order valence-electron chi connectivity index (χ1n) is 11.6. The molecule has 0 saturated heterocycles. The van der Waals surface area contributed by atoms with Crippen molar-refractivity contribution in [2.75, 3.05) is 17.7 Å². The third-order valence-corrected chi connectivity index (χ3v) is 6.39. The van der Waals surface area contributed by atoms with Gasteiger partial charge in [0.25, 0.3) is 0 Å². The summed E-state index contributed by atoms with van der Waals surface area (Å²) >= 11 is 1.14. The molecule has 0 aliphatic heterocycles. The van der Waals surface area contributed by atoms with Crippen molar-refractivity contribution < 1.29 is 23.5 Å². The molecule has 1 unspecified atom stereocenters. The van der Waals surface area contributed by atoms with E-state index in [1.54, 1.807) is 85.3 Å². The topological polar surface area (TPSA) is 107 Å². The summed E-state index contributed by atoms with van der Waals surface area (Å²) in [5, 5.41) is 13.7. The van der Waals surface area contributed by atoms with Gasteiger partial charge in [-0.2, -0.15) is 0 Å². The van der Waals surface area contributed by atoms with E-state index in [2.05, 4.69) is 20.8 Å². The summed E-state index contributed by atoms with van der Waals surface area (Å²) in [6, 6.07) is 20.1. The predicted octanol–water partition coefficient (Wildman–Crippen LogP) is 5.07. The van der Waals surface area contributed by atoms with Crippen LogP contribution in [0.25, 0.3) is 5.69 Å². The zero-order valence-corrected chi connectivity index (χ0v) is 21.8. The van der Waals surface area contributed by atoms with Gasteiger partial charge in [0.1, 0.15) is 23.9 Å². The van der Waals surface area contributed by atoms with Crippen molar-refractivity contribution in [3.8, 4) is 17.2 Å². The molecule has 1 aromatic heterocycles. The summed E-state index contributed by atoms with van der Waals surface area (Å²) in [5.74, 6) is 0.730. The SMILES string of the molecule is COc1ccc(OCc2nnc(SC(C)C(=O)Nc3ccc(NC(C)=O)cc3)n2-c2ccccc2F)cc1. The van der Waals surface area contributed by atoms with Gasteiger partial charge >= 0.3 is 0 Å². The van der Waals surface area contributed by atoms with E-state index in [9.17, 15) is 14.0 Å². The first-order valence-corrected chi connectivity index (χ1v) is 12.5. The maximum Gasteiger partial charge on any atom is 0.237 e. The lowest BCUT2D eigenvalue weighted by atomic mass is 10.2. The van der Waals surface area contributed by atoms with Crippen LogP contribution in [-0.4, -0.2) is 38.9 Å². The van der Waals surface area contributed by atoms with E-state index in [0.29, 0.717) is 33.9 Å². The monoisotopic (exact) mass is 535 g/mol. The number of nitrogens with zero attached hydrogens (tertiary/aromatic N) is 3. The number of halogens is 1. The number of carbonyl (C=O) groups is 2. The van der Waals surface area contributed by atoms with Gasteiger partial charge in [-0.05, 0) is 67.6 Å². The second kappa shape index (κ2) is 12.2. The van der Waals surface area contributed by atoms with Gasteiger partial charge in [-0.25, -0.2) is 4.39 Å². The number of aromatic nitrogens is 3. The Kier molecular flexibility index (Phi) is 8.59. The molecular formula is C27H26FN5O4S. The van der Waals surface area contributed by atoms with E-state index in [4.69, 9.17) is 9.47 Å². The van der Waals surface area contributed by atoms with Crippen LogP contribution in [0.4, 0.5) is 15.8 Å². The number of methoxy groups -OCH3 is 1. The molecule has 0 aliphatic rings. The number of carbonyl (C=O) groups excluding carboxylic acids is 2. The minimum absolute atomic E-state index is 0.0233. The Balaban J connectivity index is 1.51. The maximum atomic E-state index is 14.8. The van der Waals surface area contributed by atoms with Gasteiger partial charge in [-0.15, -0.1) is 10.2 Å². The number of hydrogen-bond acceptors (Lipinski definition) is 7. The van der Waals surface area contributed by atoms with Crippen molar-refractivity contribution in [3.05, 3.63) is 84.4 Å². The van der Waals surface area contributed by atoms with E-state index >= 15 is 0 Å². The number of thioether (sulfide) groups is 1. The summed E-state index contributed by atoms with van der Waals surface area (Å²) in [6.45, 7) is 3.17. The molecule has 38 heavy (non-hydrogen) atoms. The smallest absolute Gasteiger partial charge is 0.237 e. The van der Waals surface area contributed by atoms with Gasteiger partial charge in [-0.1, -0.05) is 23.9 Å². The van der Waals surface area contributed by atoms with Gasteiger partial charge in [0, 0.05) is 18.3 Å². The number of amides is 2. The third-order valence-electron chi connectivity index (χ3n) is 5.35. The molecule has 196 valence electrons. The first kappa shape index (κ1) is 26.7. The minimum Gasteiger partial charge on any atom is -0.497 e. The lowest BCUT2D eigenvalue weighted by Gasteiger charge is -2.15. The van der Waals surface area contributed by atoms with Gasteiger partial charge < -0.3 is 20.1 Å². The Bertz CT molecular complexity index is 1410. The Morgan fingerprint density at radius 3 is 2.21 bits per heavy atom. The van der Waals surface area contributed by atoms with Crippen molar-refractivity contribution in [2.45, 2.75) is 30.9 Å². The van der Waals surface area contributed by atoms with E-state index < -0.39 is 11.1 Å². The quantitative estimate of drug-likeness (QED) is 0.273. The van der Waals surface area contributed by atoms with Crippen LogP contribution in [0.1, 0.15) is 19.7 Å². The zero-order valence-electron chi connectivity index (χ0n) is 21.0. The minimum atomic E-state index is -0.588. The molecule has 0 spiro atoms. The molecule has 1 atom stereocenters.